The molecule has 1 amide bonds. The van der Waals surface area contributed by atoms with Crippen LogP contribution in [0.1, 0.15) is 37.0 Å². The van der Waals surface area contributed by atoms with Crippen LogP contribution in [0.2, 0.25) is 0 Å². The third-order valence-corrected chi connectivity index (χ3v) is 8.07. The minimum absolute atomic E-state index is 0.0658. The topological polar surface area (TPSA) is 109 Å². The number of aromatic nitrogens is 4. The molecule has 1 aromatic carbocycles. The lowest BCUT2D eigenvalue weighted by Gasteiger charge is -2.38. The van der Waals surface area contributed by atoms with Gasteiger partial charge in [0.25, 0.3) is 5.88 Å². The number of aromatic amines is 1. The lowest BCUT2D eigenvalue weighted by molar-refractivity contribution is -0.126. The van der Waals surface area contributed by atoms with E-state index in [0.717, 1.165) is 41.4 Å². The molecule has 2 fully saturated rings. The van der Waals surface area contributed by atoms with Crippen LogP contribution in [0.25, 0.3) is 10.9 Å². The molecule has 0 spiro atoms. The van der Waals surface area contributed by atoms with Gasteiger partial charge in [-0.1, -0.05) is 12.6 Å². The Balaban J connectivity index is 1.34. The van der Waals surface area contributed by atoms with Crippen LogP contribution in [0.4, 0.5) is 5.82 Å². The van der Waals surface area contributed by atoms with Gasteiger partial charge in [0, 0.05) is 43.2 Å². The largest absolute Gasteiger partial charge is 0.478 e. The molecule has 39 heavy (non-hydrogen) atoms. The lowest BCUT2D eigenvalue weighted by Crippen LogP contribution is -2.49. The summed E-state index contributed by atoms with van der Waals surface area (Å²) in [6, 6.07) is 4.67. The van der Waals surface area contributed by atoms with Crippen LogP contribution >= 0.6 is 0 Å². The van der Waals surface area contributed by atoms with Crippen molar-refractivity contribution in [3.8, 4) is 17.6 Å². The molecule has 0 saturated carbocycles. The maximum atomic E-state index is 12.1. The Labute approximate surface area is 227 Å². The van der Waals surface area contributed by atoms with Gasteiger partial charge in [-0.05, 0) is 58.0 Å². The van der Waals surface area contributed by atoms with Gasteiger partial charge in [0.05, 0.1) is 11.7 Å². The summed E-state index contributed by atoms with van der Waals surface area (Å²) in [5.74, 6) is 1.43. The number of amides is 1. The Morgan fingerprint density at radius 3 is 2.77 bits per heavy atom. The molecule has 11 nitrogen and oxygen atoms in total. The van der Waals surface area contributed by atoms with Gasteiger partial charge >= 0.3 is 6.01 Å². The number of nitrogens with zero attached hydrogens (tertiary/aromatic N) is 6. The zero-order chi connectivity index (χ0) is 27.1. The molecule has 3 aliphatic heterocycles. The average Bonchev–Trinajstić information content (AvgIpc) is 3.59. The van der Waals surface area contributed by atoms with E-state index in [1.54, 1.807) is 4.90 Å². The summed E-state index contributed by atoms with van der Waals surface area (Å²) in [5.41, 5.74) is 3.05. The number of nitrogens with one attached hydrogen (secondary N) is 1. The Morgan fingerprint density at radius 2 is 2.03 bits per heavy atom. The number of anilines is 1. The maximum absolute atomic E-state index is 12.1. The molecule has 3 atom stereocenters. The number of carbonyl (C=O) groups excluding carboxylic acids is 1. The van der Waals surface area contributed by atoms with E-state index in [0.29, 0.717) is 56.3 Å². The van der Waals surface area contributed by atoms with Crippen LogP contribution < -0.4 is 19.1 Å². The summed E-state index contributed by atoms with van der Waals surface area (Å²) in [7, 11) is 2.12. The molecule has 11 heteroatoms. The highest BCUT2D eigenvalue weighted by atomic mass is 16.6. The van der Waals surface area contributed by atoms with E-state index in [4.69, 9.17) is 24.2 Å². The molecule has 3 aliphatic rings. The molecule has 206 valence electrons. The Kier molecular flexibility index (Phi) is 6.76. The van der Waals surface area contributed by atoms with Gasteiger partial charge in [-0.25, -0.2) is 0 Å². The highest BCUT2D eigenvalue weighted by Gasteiger charge is 2.38. The van der Waals surface area contributed by atoms with Crippen LogP contribution in [0.5, 0.6) is 17.6 Å². The first-order chi connectivity index (χ1) is 18.9. The van der Waals surface area contributed by atoms with E-state index in [2.05, 4.69) is 46.6 Å². The van der Waals surface area contributed by atoms with Crippen LogP contribution in [-0.4, -0.2) is 94.4 Å². The number of likely N-dealkylation sites (N-methyl/N-ethyl adjacent to an activating group) is 1. The summed E-state index contributed by atoms with van der Waals surface area (Å²) in [6.07, 6.45) is 4.73. The van der Waals surface area contributed by atoms with Gasteiger partial charge in [-0.2, -0.15) is 15.1 Å². The Hall–Kier alpha value is -3.86. The summed E-state index contributed by atoms with van der Waals surface area (Å²) in [4.78, 5) is 27.8. The Morgan fingerprint density at radius 1 is 1.21 bits per heavy atom. The van der Waals surface area contributed by atoms with E-state index in [-0.39, 0.29) is 18.0 Å². The standard InChI is InChI=1S/C28H35N7O4/c1-5-22(36)34-11-13-35(14-12-34)26-25-27(31-28(30-26)37-16-19-7-6-10-33(19)4)39-24(18(3)38-25)23-17(2)8-9-21-20(23)15-29-32-21/h5,8-9,15,18-19,24H,1,6-7,10-14,16H2,2-4H3,(H,29,32)/t18-,19-,24?/m0/s1. The minimum Gasteiger partial charge on any atom is -0.478 e. The van der Waals surface area contributed by atoms with Crippen molar-refractivity contribution in [1.29, 1.82) is 0 Å². The van der Waals surface area contributed by atoms with Crippen molar-refractivity contribution in [3.63, 3.8) is 0 Å². The number of benzene rings is 1. The van der Waals surface area contributed by atoms with Gasteiger partial charge in [0.1, 0.15) is 12.7 Å². The van der Waals surface area contributed by atoms with Gasteiger partial charge < -0.3 is 28.9 Å². The number of piperazine rings is 1. The number of hydrogen-bond acceptors (Lipinski definition) is 9. The number of ether oxygens (including phenoxy) is 3. The predicted octanol–water partition coefficient (Wildman–Crippen LogP) is 2.87. The lowest BCUT2D eigenvalue weighted by atomic mass is 9.95. The van der Waals surface area contributed by atoms with Crippen LogP contribution in [0, 0.1) is 6.92 Å². The third-order valence-electron chi connectivity index (χ3n) is 8.07. The summed E-state index contributed by atoms with van der Waals surface area (Å²) >= 11 is 0. The van der Waals surface area contributed by atoms with Crippen LogP contribution in [0.15, 0.2) is 31.0 Å². The van der Waals surface area contributed by atoms with E-state index < -0.39 is 6.10 Å². The van der Waals surface area contributed by atoms with E-state index in [9.17, 15) is 4.79 Å². The number of likely N-dealkylation sites (tertiary alicyclic amines) is 1. The van der Waals surface area contributed by atoms with Crippen molar-refractivity contribution in [3.05, 3.63) is 42.1 Å². The molecular formula is C28H35N7O4. The second-order valence-electron chi connectivity index (χ2n) is 10.6. The van der Waals surface area contributed by atoms with Crippen molar-refractivity contribution in [2.24, 2.45) is 0 Å². The molecule has 6 rings (SSSR count). The number of fused-ring (bicyclic) bond motifs is 2. The monoisotopic (exact) mass is 533 g/mol. The van der Waals surface area contributed by atoms with E-state index in [1.165, 1.54) is 6.08 Å². The zero-order valence-electron chi connectivity index (χ0n) is 22.7. The first-order valence-electron chi connectivity index (χ1n) is 13.6. The average molecular weight is 534 g/mol. The molecule has 2 saturated heterocycles. The summed E-state index contributed by atoms with van der Waals surface area (Å²) in [6.45, 7) is 11.6. The first-order valence-corrected chi connectivity index (χ1v) is 13.6. The molecule has 2 aromatic heterocycles. The normalized spacial score (nSPS) is 23.3. The Bertz CT molecular complexity index is 1380. The molecule has 1 unspecified atom stereocenters. The fourth-order valence-electron chi connectivity index (χ4n) is 5.77. The quantitative estimate of drug-likeness (QED) is 0.479. The highest BCUT2D eigenvalue weighted by Crippen LogP contribution is 2.46. The van der Waals surface area contributed by atoms with E-state index in [1.807, 2.05) is 19.2 Å². The van der Waals surface area contributed by atoms with Crippen LogP contribution in [0.3, 0.4) is 0 Å². The number of H-pyrrole nitrogens is 1. The van der Waals surface area contributed by atoms with Crippen molar-refractivity contribution < 1.29 is 19.0 Å². The maximum Gasteiger partial charge on any atom is 0.322 e. The molecule has 0 radical (unpaired) electrons. The summed E-state index contributed by atoms with van der Waals surface area (Å²) in [5, 5.41) is 8.28. The molecule has 0 bridgehead atoms. The molecular weight excluding hydrogens is 498 g/mol. The third kappa shape index (κ3) is 4.75. The molecule has 1 N–H and O–H groups in total. The number of rotatable bonds is 6. The zero-order valence-corrected chi connectivity index (χ0v) is 22.7. The fourth-order valence-corrected chi connectivity index (χ4v) is 5.77. The smallest absolute Gasteiger partial charge is 0.322 e. The fraction of sp³-hybridized carbons (Fsp3) is 0.500. The van der Waals surface area contributed by atoms with Crippen molar-refractivity contribution in [2.75, 3.05) is 51.3 Å². The van der Waals surface area contributed by atoms with Crippen molar-refractivity contribution in [1.82, 2.24) is 30.0 Å². The second kappa shape index (κ2) is 10.4. The van der Waals surface area contributed by atoms with Crippen molar-refractivity contribution in [2.45, 2.75) is 44.9 Å². The van der Waals surface area contributed by atoms with Gasteiger partial charge in [0.15, 0.2) is 11.9 Å². The molecule has 0 aliphatic carbocycles. The number of carbonyl (C=O) groups is 1. The van der Waals surface area contributed by atoms with E-state index >= 15 is 0 Å². The number of aryl methyl sites for hydroxylation is 1. The van der Waals surface area contributed by atoms with Gasteiger partial charge in [0.2, 0.25) is 11.7 Å². The highest BCUT2D eigenvalue weighted by molar-refractivity contribution is 5.87. The molecule has 3 aromatic rings. The van der Waals surface area contributed by atoms with Crippen molar-refractivity contribution >= 4 is 22.6 Å². The number of hydrogen-bond donors (Lipinski definition) is 1. The SMILES string of the molecule is C=CC(=O)N1CCN(c2nc(OC[C@@H]3CCCN3C)nc3c2O[C@@H](C)C(c2c(C)ccc4[nH]ncc24)O3)CC1. The van der Waals surface area contributed by atoms with Crippen LogP contribution in [-0.2, 0) is 4.79 Å². The minimum atomic E-state index is -0.391. The van der Waals surface area contributed by atoms with Gasteiger partial charge in [-0.3, -0.25) is 9.89 Å². The predicted molar refractivity (Wildman–Crippen MR) is 146 cm³/mol. The first kappa shape index (κ1) is 25.4. The molecule has 5 heterocycles. The summed E-state index contributed by atoms with van der Waals surface area (Å²) < 4.78 is 19.3. The second-order valence-corrected chi connectivity index (χ2v) is 10.6. The van der Waals surface area contributed by atoms with Gasteiger partial charge in [-0.15, -0.1) is 0 Å².